The van der Waals surface area contributed by atoms with E-state index in [0.717, 1.165) is 5.75 Å². The van der Waals surface area contributed by atoms with Gasteiger partial charge in [-0.1, -0.05) is 82.3 Å². The number of rotatable bonds is 3. The maximum atomic E-state index is 6.48. The Morgan fingerprint density at radius 2 is 1.41 bits per heavy atom. The van der Waals surface area contributed by atoms with Crippen LogP contribution in [-0.4, -0.2) is 17.5 Å². The van der Waals surface area contributed by atoms with Gasteiger partial charge in [0, 0.05) is 5.75 Å². The van der Waals surface area contributed by atoms with Crippen molar-refractivity contribution in [3.05, 3.63) is 71.8 Å². The molecule has 0 saturated carbocycles. The Morgan fingerprint density at radius 3 is 1.86 bits per heavy atom. The zero-order valence-electron chi connectivity index (χ0n) is 13.3. The van der Waals surface area contributed by atoms with Crippen LogP contribution in [0.3, 0.4) is 0 Å². The van der Waals surface area contributed by atoms with E-state index in [1.165, 1.54) is 11.1 Å². The lowest BCUT2D eigenvalue weighted by Gasteiger charge is -2.38. The van der Waals surface area contributed by atoms with E-state index in [9.17, 15) is 0 Å². The van der Waals surface area contributed by atoms with Crippen LogP contribution < -0.4 is 0 Å². The van der Waals surface area contributed by atoms with Crippen molar-refractivity contribution in [3.8, 4) is 0 Å². The van der Waals surface area contributed by atoms with Gasteiger partial charge in [0.05, 0.1) is 11.7 Å². The highest BCUT2D eigenvalue weighted by Crippen LogP contribution is 2.58. The summed E-state index contributed by atoms with van der Waals surface area (Å²) in [5.74, 6) is 1.01. The molecule has 3 heteroatoms. The van der Waals surface area contributed by atoms with Gasteiger partial charge >= 0.3 is 0 Å². The van der Waals surface area contributed by atoms with Gasteiger partial charge in [-0.3, -0.25) is 0 Å². The predicted octanol–water partition coefficient (Wildman–Crippen LogP) is 5.51. The number of ether oxygens (including phenoxy) is 1. The molecule has 1 aliphatic rings. The molecular weight excluding hydrogens is 308 g/mol. The van der Waals surface area contributed by atoms with Crippen molar-refractivity contribution in [2.24, 2.45) is 0 Å². The van der Waals surface area contributed by atoms with E-state index in [-0.39, 0.29) is 16.5 Å². The van der Waals surface area contributed by atoms with Crippen molar-refractivity contribution >= 4 is 21.6 Å². The minimum absolute atomic E-state index is 0.138. The molecule has 0 radical (unpaired) electrons. The van der Waals surface area contributed by atoms with Crippen LogP contribution in [0, 0.1) is 0 Å². The van der Waals surface area contributed by atoms with Crippen LogP contribution in [0.5, 0.6) is 0 Å². The topological polar surface area (TPSA) is 9.23 Å². The lowest BCUT2D eigenvalue weighted by molar-refractivity contribution is -0.0593. The first-order chi connectivity index (χ1) is 10.5. The first kappa shape index (κ1) is 16.0. The highest BCUT2D eigenvalue weighted by atomic mass is 33.1. The fourth-order valence-corrected chi connectivity index (χ4v) is 6.45. The zero-order chi connectivity index (χ0) is 15.6. The molecule has 1 heterocycles. The molecule has 22 heavy (non-hydrogen) atoms. The summed E-state index contributed by atoms with van der Waals surface area (Å²) in [5.41, 5.74) is 2.50. The fraction of sp³-hybridized carbons (Fsp3) is 0.368. The van der Waals surface area contributed by atoms with Crippen molar-refractivity contribution < 1.29 is 4.74 Å². The standard InChI is InChI=1S/C19H22OS2/c1-18(2,3)20-17-14-21-22-19(17,15-10-6-4-7-11-15)16-12-8-5-9-13-16/h4-13,17H,14H2,1-3H3. The Kier molecular flexibility index (Phi) is 4.58. The summed E-state index contributed by atoms with van der Waals surface area (Å²) in [7, 11) is 3.85. The van der Waals surface area contributed by atoms with E-state index >= 15 is 0 Å². The van der Waals surface area contributed by atoms with Gasteiger partial charge in [0.15, 0.2) is 0 Å². The van der Waals surface area contributed by atoms with Crippen LogP contribution in [0.1, 0.15) is 31.9 Å². The van der Waals surface area contributed by atoms with Crippen LogP contribution in [0.4, 0.5) is 0 Å². The molecule has 0 spiro atoms. The summed E-state index contributed by atoms with van der Waals surface area (Å²) in [6, 6.07) is 21.6. The molecule has 3 rings (SSSR count). The maximum Gasteiger partial charge on any atom is 0.103 e. The van der Waals surface area contributed by atoms with E-state index in [2.05, 4.69) is 81.4 Å². The summed E-state index contributed by atoms with van der Waals surface area (Å²) < 4.78 is 6.34. The minimum Gasteiger partial charge on any atom is -0.370 e. The molecule has 1 saturated heterocycles. The van der Waals surface area contributed by atoms with E-state index < -0.39 is 0 Å². The van der Waals surface area contributed by atoms with E-state index in [1.807, 2.05) is 21.6 Å². The van der Waals surface area contributed by atoms with Gasteiger partial charge in [-0.25, -0.2) is 0 Å². The summed E-state index contributed by atoms with van der Waals surface area (Å²) >= 11 is 0. The highest BCUT2D eigenvalue weighted by Gasteiger charge is 2.49. The quantitative estimate of drug-likeness (QED) is 0.687. The average molecular weight is 331 g/mol. The molecule has 0 aliphatic carbocycles. The summed E-state index contributed by atoms with van der Waals surface area (Å²) in [6.45, 7) is 6.42. The molecule has 1 unspecified atom stereocenters. The van der Waals surface area contributed by atoms with Crippen LogP contribution in [0.2, 0.25) is 0 Å². The van der Waals surface area contributed by atoms with Crippen LogP contribution >= 0.6 is 21.6 Å². The van der Waals surface area contributed by atoms with Gasteiger partial charge in [-0.15, -0.1) is 0 Å². The molecule has 2 aromatic rings. The van der Waals surface area contributed by atoms with Crippen LogP contribution in [0.25, 0.3) is 0 Å². The molecular formula is C19H22OS2. The second kappa shape index (κ2) is 6.31. The highest BCUT2D eigenvalue weighted by molar-refractivity contribution is 8.77. The van der Waals surface area contributed by atoms with Crippen molar-refractivity contribution in [1.82, 2.24) is 0 Å². The molecule has 0 aromatic heterocycles. The monoisotopic (exact) mass is 330 g/mol. The third-order valence-corrected chi connectivity index (χ3v) is 6.87. The Hall–Kier alpha value is -0.900. The zero-order valence-corrected chi connectivity index (χ0v) is 14.9. The number of hydrogen-bond donors (Lipinski definition) is 0. The Balaban J connectivity index is 2.11. The van der Waals surface area contributed by atoms with Crippen LogP contribution in [-0.2, 0) is 9.48 Å². The maximum absolute atomic E-state index is 6.48. The third kappa shape index (κ3) is 3.08. The molecule has 1 atom stereocenters. The molecule has 116 valence electrons. The van der Waals surface area contributed by atoms with Crippen molar-refractivity contribution in [2.75, 3.05) is 5.75 Å². The fourth-order valence-electron chi connectivity index (χ4n) is 2.91. The molecule has 1 nitrogen and oxygen atoms in total. The van der Waals surface area contributed by atoms with E-state index in [0.29, 0.717) is 0 Å². The van der Waals surface area contributed by atoms with Gasteiger partial charge in [0.1, 0.15) is 4.75 Å². The Morgan fingerprint density at radius 1 is 0.909 bits per heavy atom. The normalized spacial score (nSPS) is 21.0. The lowest BCUT2D eigenvalue weighted by atomic mass is 9.85. The van der Waals surface area contributed by atoms with Crippen molar-refractivity contribution in [1.29, 1.82) is 0 Å². The smallest absolute Gasteiger partial charge is 0.103 e. The predicted molar refractivity (Wildman–Crippen MR) is 98.3 cm³/mol. The first-order valence-corrected chi connectivity index (χ1v) is 9.94. The van der Waals surface area contributed by atoms with Gasteiger partial charge < -0.3 is 4.74 Å². The van der Waals surface area contributed by atoms with Gasteiger partial charge in [-0.05, 0) is 31.9 Å². The third-order valence-electron chi connectivity index (χ3n) is 3.76. The largest absolute Gasteiger partial charge is 0.370 e. The molecule has 0 amide bonds. The number of benzene rings is 2. The Labute approximate surface area is 141 Å². The second-order valence-electron chi connectivity index (χ2n) is 6.55. The molecule has 0 bridgehead atoms. The van der Waals surface area contributed by atoms with Gasteiger partial charge in [-0.2, -0.15) is 0 Å². The van der Waals surface area contributed by atoms with Crippen molar-refractivity contribution in [3.63, 3.8) is 0 Å². The van der Waals surface area contributed by atoms with Crippen molar-refractivity contribution in [2.45, 2.75) is 37.2 Å². The summed E-state index contributed by atoms with van der Waals surface area (Å²) in [6.07, 6.45) is 0.160. The van der Waals surface area contributed by atoms with E-state index in [1.54, 1.807) is 0 Å². The summed E-state index contributed by atoms with van der Waals surface area (Å²) in [4.78, 5) is 0. The number of hydrogen-bond acceptors (Lipinski definition) is 3. The molecule has 1 fully saturated rings. The second-order valence-corrected chi connectivity index (χ2v) is 9.14. The average Bonchev–Trinajstić information content (AvgIpc) is 2.91. The molecule has 1 aliphatic heterocycles. The van der Waals surface area contributed by atoms with Crippen LogP contribution in [0.15, 0.2) is 60.7 Å². The SMILES string of the molecule is CC(C)(C)OC1CSSC1(c1ccccc1)c1ccccc1. The first-order valence-electron chi connectivity index (χ1n) is 7.62. The van der Waals surface area contributed by atoms with Gasteiger partial charge in [0.25, 0.3) is 0 Å². The summed E-state index contributed by atoms with van der Waals surface area (Å²) in [5, 5.41) is 0. The van der Waals surface area contributed by atoms with Gasteiger partial charge in [0.2, 0.25) is 0 Å². The molecule has 2 aromatic carbocycles. The molecule has 0 N–H and O–H groups in total. The van der Waals surface area contributed by atoms with E-state index in [4.69, 9.17) is 4.74 Å². The lowest BCUT2D eigenvalue weighted by Crippen LogP contribution is -2.41. The Bertz CT molecular complexity index is 565. The minimum atomic E-state index is -0.148.